The number of carbonyl (C=O) groups excluding carboxylic acids is 1. The van der Waals surface area contributed by atoms with E-state index in [2.05, 4.69) is 80.2 Å². The highest BCUT2D eigenvalue weighted by Gasteiger charge is 2.56. The Morgan fingerprint density at radius 3 is 2.32 bits per heavy atom. The molecule has 0 amide bonds. The normalized spacial score (nSPS) is 26.9. The molecule has 1 aliphatic heterocycles. The molecule has 1 fully saturated rings. The molecule has 38 heavy (non-hydrogen) atoms. The van der Waals surface area contributed by atoms with Crippen molar-refractivity contribution in [2.75, 3.05) is 21.2 Å². The van der Waals surface area contributed by atoms with Crippen molar-refractivity contribution in [3.63, 3.8) is 0 Å². The summed E-state index contributed by atoms with van der Waals surface area (Å²) < 4.78 is 5.45. The molecule has 4 atom stereocenters. The number of unbranched alkanes of at least 4 members (excludes halogenated alkanes) is 1. The quantitative estimate of drug-likeness (QED) is 0.298. The van der Waals surface area contributed by atoms with Gasteiger partial charge in [0, 0.05) is 11.1 Å². The Morgan fingerprint density at radius 1 is 1.08 bits per heavy atom. The van der Waals surface area contributed by atoms with E-state index in [9.17, 15) is 4.79 Å². The third kappa shape index (κ3) is 5.79. The van der Waals surface area contributed by atoms with E-state index in [1.807, 2.05) is 18.5 Å². The molecule has 1 aliphatic carbocycles. The molecule has 2 aromatic carbocycles. The zero-order chi connectivity index (χ0) is 27.3. The van der Waals surface area contributed by atoms with E-state index in [1.165, 1.54) is 18.2 Å². The monoisotopic (exact) mass is 537 g/mol. The topological polar surface area (TPSA) is 45.1 Å². The SMILES string of the molecule is CCCCC1(C(=O)OC)N=CN(C(C)c2ccccc2)C1C1CCC(C(c2ccc(Cl)cc2)N(C)C)CC1. The van der Waals surface area contributed by atoms with Crippen LogP contribution in [0, 0.1) is 11.8 Å². The van der Waals surface area contributed by atoms with Gasteiger partial charge in [0.25, 0.3) is 0 Å². The van der Waals surface area contributed by atoms with Gasteiger partial charge in [0.1, 0.15) is 0 Å². The highest BCUT2D eigenvalue weighted by Crippen LogP contribution is 2.47. The summed E-state index contributed by atoms with van der Waals surface area (Å²) in [4.78, 5) is 23.2. The number of hydrogen-bond donors (Lipinski definition) is 0. The van der Waals surface area contributed by atoms with Gasteiger partial charge in [-0.2, -0.15) is 0 Å². The molecule has 6 heteroatoms. The standard InChI is InChI=1S/C32H44ClN3O2/c1-6-7-21-32(31(37)38-5)30(36(22-34-32)23(2)24-11-9-8-10-12-24)27-15-13-25(14-16-27)29(35(3)4)26-17-19-28(33)20-18-26/h8-12,17-20,22-23,25,27,29-30H,6-7,13-16,21H2,1-5H3. The fraction of sp³-hybridized carbons (Fsp3) is 0.562. The molecule has 206 valence electrons. The number of ether oxygens (including phenoxy) is 1. The number of hydrogen-bond acceptors (Lipinski definition) is 5. The van der Waals surface area contributed by atoms with Gasteiger partial charge in [-0.25, -0.2) is 4.79 Å². The van der Waals surface area contributed by atoms with Gasteiger partial charge in [0.15, 0.2) is 5.54 Å². The van der Waals surface area contributed by atoms with Crippen LogP contribution >= 0.6 is 11.6 Å². The fourth-order valence-electron chi connectivity index (χ4n) is 6.98. The Morgan fingerprint density at radius 2 is 1.74 bits per heavy atom. The Kier molecular flexibility index (Phi) is 9.54. The molecular formula is C32H44ClN3O2. The molecule has 2 aliphatic rings. The average Bonchev–Trinajstić information content (AvgIpc) is 3.33. The lowest BCUT2D eigenvalue weighted by Crippen LogP contribution is -2.56. The molecule has 4 unspecified atom stereocenters. The molecule has 1 heterocycles. The van der Waals surface area contributed by atoms with Crippen molar-refractivity contribution in [2.24, 2.45) is 16.8 Å². The Bertz CT molecular complexity index is 1070. The van der Waals surface area contributed by atoms with Gasteiger partial charge in [-0.1, -0.05) is 73.8 Å². The third-order valence-electron chi connectivity index (χ3n) is 8.89. The number of aliphatic imine (C=N–C) groups is 1. The molecule has 4 rings (SSSR count). The summed E-state index contributed by atoms with van der Waals surface area (Å²) in [5.41, 5.74) is 1.71. The van der Waals surface area contributed by atoms with E-state index in [0.717, 1.165) is 50.0 Å². The maximum atomic E-state index is 13.5. The molecule has 0 spiro atoms. The van der Waals surface area contributed by atoms with Crippen molar-refractivity contribution in [3.05, 3.63) is 70.7 Å². The van der Waals surface area contributed by atoms with Crippen LogP contribution in [0.3, 0.4) is 0 Å². The van der Waals surface area contributed by atoms with Crippen molar-refractivity contribution in [1.29, 1.82) is 0 Å². The molecule has 0 aromatic heterocycles. The minimum atomic E-state index is -0.845. The van der Waals surface area contributed by atoms with E-state index in [4.69, 9.17) is 21.3 Å². The number of rotatable bonds is 10. The van der Waals surface area contributed by atoms with Crippen molar-refractivity contribution in [2.45, 2.75) is 82.5 Å². The van der Waals surface area contributed by atoms with Crippen LogP contribution in [0.4, 0.5) is 0 Å². The van der Waals surface area contributed by atoms with Gasteiger partial charge in [0.2, 0.25) is 0 Å². The Hall–Kier alpha value is -2.37. The number of carbonyl (C=O) groups is 1. The smallest absolute Gasteiger partial charge is 0.335 e. The van der Waals surface area contributed by atoms with Crippen molar-refractivity contribution in [3.8, 4) is 0 Å². The summed E-state index contributed by atoms with van der Waals surface area (Å²) in [6.45, 7) is 4.40. The molecule has 5 nitrogen and oxygen atoms in total. The van der Waals surface area contributed by atoms with Crippen LogP contribution in [0.1, 0.15) is 82.0 Å². The lowest BCUT2D eigenvalue weighted by molar-refractivity contribution is -0.150. The lowest BCUT2D eigenvalue weighted by Gasteiger charge is -2.46. The van der Waals surface area contributed by atoms with Crippen LogP contribution in [0.25, 0.3) is 0 Å². The summed E-state index contributed by atoms with van der Waals surface area (Å²) in [6.07, 6.45) is 9.02. The van der Waals surface area contributed by atoms with Gasteiger partial charge in [-0.05, 0) is 88.2 Å². The number of nitrogens with zero attached hydrogens (tertiary/aromatic N) is 3. The first-order chi connectivity index (χ1) is 18.3. The van der Waals surface area contributed by atoms with Gasteiger partial charge >= 0.3 is 5.97 Å². The van der Waals surface area contributed by atoms with Gasteiger partial charge in [-0.15, -0.1) is 0 Å². The van der Waals surface area contributed by atoms with E-state index in [1.54, 1.807) is 0 Å². The summed E-state index contributed by atoms with van der Waals surface area (Å²) in [7, 11) is 5.86. The Labute approximate surface area is 234 Å². The molecule has 0 radical (unpaired) electrons. The zero-order valence-corrected chi connectivity index (χ0v) is 24.4. The summed E-state index contributed by atoms with van der Waals surface area (Å²) in [5.74, 6) is 0.723. The maximum absolute atomic E-state index is 13.5. The second-order valence-corrected chi connectivity index (χ2v) is 11.8. The first-order valence-electron chi connectivity index (χ1n) is 14.2. The van der Waals surface area contributed by atoms with Crippen LogP contribution in [0.15, 0.2) is 59.6 Å². The lowest BCUT2D eigenvalue weighted by atomic mass is 9.68. The minimum Gasteiger partial charge on any atom is -0.467 e. The molecule has 2 aromatic rings. The number of halogens is 1. The summed E-state index contributed by atoms with van der Waals surface area (Å²) in [6, 6.07) is 19.4. The number of methoxy groups -OCH3 is 1. The van der Waals surface area contributed by atoms with Crippen LogP contribution < -0.4 is 0 Å². The molecule has 0 saturated heterocycles. The second kappa shape index (κ2) is 12.7. The van der Waals surface area contributed by atoms with E-state index < -0.39 is 5.54 Å². The van der Waals surface area contributed by atoms with Gasteiger partial charge < -0.3 is 14.5 Å². The highest BCUT2D eigenvalue weighted by molar-refractivity contribution is 6.30. The third-order valence-corrected chi connectivity index (χ3v) is 9.14. The summed E-state index contributed by atoms with van der Waals surface area (Å²) in [5, 5.41) is 0.773. The van der Waals surface area contributed by atoms with Crippen LogP contribution in [-0.4, -0.2) is 54.9 Å². The Balaban J connectivity index is 1.61. The van der Waals surface area contributed by atoms with Crippen LogP contribution in [0.2, 0.25) is 5.02 Å². The average molecular weight is 538 g/mol. The predicted octanol–water partition coefficient (Wildman–Crippen LogP) is 7.32. The summed E-state index contributed by atoms with van der Waals surface area (Å²) >= 11 is 6.19. The predicted molar refractivity (Wildman–Crippen MR) is 157 cm³/mol. The molecular weight excluding hydrogens is 494 g/mol. The van der Waals surface area contributed by atoms with Crippen molar-refractivity contribution in [1.82, 2.24) is 9.80 Å². The molecule has 0 N–H and O–H groups in total. The van der Waals surface area contributed by atoms with E-state index in [0.29, 0.717) is 17.9 Å². The van der Waals surface area contributed by atoms with Gasteiger partial charge in [-0.3, -0.25) is 4.99 Å². The largest absolute Gasteiger partial charge is 0.467 e. The first-order valence-corrected chi connectivity index (χ1v) is 14.6. The second-order valence-electron chi connectivity index (χ2n) is 11.4. The van der Waals surface area contributed by atoms with Crippen molar-refractivity contribution >= 4 is 23.9 Å². The van der Waals surface area contributed by atoms with Crippen molar-refractivity contribution < 1.29 is 9.53 Å². The fourth-order valence-corrected chi connectivity index (χ4v) is 7.11. The zero-order valence-electron chi connectivity index (χ0n) is 23.6. The van der Waals surface area contributed by atoms with Gasteiger partial charge in [0.05, 0.1) is 25.5 Å². The number of benzene rings is 2. The number of esters is 1. The first kappa shape index (κ1) is 28.6. The van der Waals surface area contributed by atoms with Crippen LogP contribution in [0.5, 0.6) is 0 Å². The molecule has 1 saturated carbocycles. The van der Waals surface area contributed by atoms with Crippen LogP contribution in [-0.2, 0) is 9.53 Å². The van der Waals surface area contributed by atoms with E-state index >= 15 is 0 Å². The molecule has 0 bridgehead atoms. The highest BCUT2D eigenvalue weighted by atomic mass is 35.5. The van der Waals surface area contributed by atoms with E-state index in [-0.39, 0.29) is 18.1 Å². The minimum absolute atomic E-state index is 0.00834. The maximum Gasteiger partial charge on any atom is 0.335 e.